The maximum Gasteiger partial charge on any atom is 0.207 e. The Bertz CT molecular complexity index is 567. The molecule has 3 nitrogen and oxygen atoms in total. The summed E-state index contributed by atoms with van der Waals surface area (Å²) in [4.78, 5) is 4.50. The molecule has 0 amide bonds. The van der Waals surface area contributed by atoms with E-state index < -0.39 is 0 Å². The molecule has 1 heterocycles. The second kappa shape index (κ2) is 5.74. The monoisotopic (exact) mass is 255 g/mol. The van der Waals surface area contributed by atoms with Crippen LogP contribution in [0.5, 0.6) is 0 Å². The van der Waals surface area contributed by atoms with Crippen LogP contribution >= 0.6 is 0 Å². The highest BCUT2D eigenvalue weighted by Gasteiger charge is 2.06. The minimum Gasteiger partial charge on any atom is -0.326 e. The first-order valence-electron chi connectivity index (χ1n) is 6.62. The molecule has 3 heteroatoms. The number of benzene rings is 1. The van der Waals surface area contributed by atoms with Gasteiger partial charge in [-0.2, -0.15) is 0 Å². The van der Waals surface area contributed by atoms with Gasteiger partial charge in [0.15, 0.2) is 0 Å². The zero-order chi connectivity index (χ0) is 13.8. The van der Waals surface area contributed by atoms with E-state index in [1.54, 1.807) is 0 Å². The molecule has 19 heavy (non-hydrogen) atoms. The quantitative estimate of drug-likeness (QED) is 0.810. The van der Waals surface area contributed by atoms with E-state index in [4.69, 9.17) is 0 Å². The van der Waals surface area contributed by atoms with Crippen molar-refractivity contribution in [3.8, 4) is 0 Å². The summed E-state index contributed by atoms with van der Waals surface area (Å²) in [7, 11) is 0. The fourth-order valence-electron chi connectivity index (χ4n) is 2.03. The van der Waals surface area contributed by atoms with E-state index in [9.17, 15) is 0 Å². The summed E-state index contributed by atoms with van der Waals surface area (Å²) >= 11 is 0. The van der Waals surface area contributed by atoms with Gasteiger partial charge in [-0.05, 0) is 30.5 Å². The largest absolute Gasteiger partial charge is 0.326 e. The van der Waals surface area contributed by atoms with Crippen molar-refractivity contribution < 1.29 is 0 Å². The molecular weight excluding hydrogens is 234 g/mol. The van der Waals surface area contributed by atoms with Gasteiger partial charge in [-0.25, -0.2) is 4.98 Å². The maximum absolute atomic E-state index is 4.50. The van der Waals surface area contributed by atoms with Crippen molar-refractivity contribution >= 4 is 11.6 Å². The number of aryl methyl sites for hydroxylation is 1. The lowest BCUT2D eigenvalue weighted by Crippen LogP contribution is -2.02. The molecule has 2 aromatic rings. The van der Waals surface area contributed by atoms with Crippen molar-refractivity contribution in [2.45, 2.75) is 33.2 Å². The third kappa shape index (κ3) is 3.25. The Morgan fingerprint density at radius 2 is 2.21 bits per heavy atom. The predicted octanol–water partition coefficient (Wildman–Crippen LogP) is 4.24. The van der Waals surface area contributed by atoms with E-state index in [2.05, 4.69) is 59.6 Å². The van der Waals surface area contributed by atoms with E-state index in [0.29, 0.717) is 5.92 Å². The Morgan fingerprint density at radius 1 is 1.42 bits per heavy atom. The van der Waals surface area contributed by atoms with Crippen molar-refractivity contribution in [3.05, 3.63) is 54.4 Å². The third-order valence-corrected chi connectivity index (χ3v) is 3.03. The van der Waals surface area contributed by atoms with Gasteiger partial charge in [0.05, 0.1) is 5.69 Å². The molecule has 0 fully saturated rings. The Labute approximate surface area is 115 Å². The molecule has 0 aliphatic rings. The lowest BCUT2D eigenvalue weighted by Gasteiger charge is -2.11. The number of hydrogen-bond acceptors (Lipinski definition) is 2. The minimum atomic E-state index is 0.524. The zero-order valence-electron chi connectivity index (χ0n) is 11.9. The molecule has 100 valence electrons. The predicted molar refractivity (Wildman–Crippen MR) is 81.0 cm³/mol. The van der Waals surface area contributed by atoms with Crippen LogP contribution in [0.25, 0.3) is 0 Å². The SMILES string of the molecule is C=CCn1cc(C)nc1Nc1cccc(C(C)C)c1. The second-order valence-corrected chi connectivity index (χ2v) is 5.05. The Kier molecular flexibility index (Phi) is 4.05. The van der Waals surface area contributed by atoms with Crippen LogP contribution in [0, 0.1) is 6.92 Å². The number of rotatable bonds is 5. The smallest absolute Gasteiger partial charge is 0.207 e. The number of nitrogens with zero attached hydrogens (tertiary/aromatic N) is 2. The normalized spacial score (nSPS) is 10.7. The molecular formula is C16H21N3. The van der Waals surface area contributed by atoms with Gasteiger partial charge < -0.3 is 9.88 Å². The summed E-state index contributed by atoms with van der Waals surface area (Å²) in [5, 5.41) is 3.38. The van der Waals surface area contributed by atoms with E-state index in [1.807, 2.05) is 19.2 Å². The highest BCUT2D eigenvalue weighted by atomic mass is 15.2. The van der Waals surface area contributed by atoms with Crippen molar-refractivity contribution in [1.29, 1.82) is 0 Å². The van der Waals surface area contributed by atoms with Crippen LogP contribution in [-0.4, -0.2) is 9.55 Å². The molecule has 0 saturated carbocycles. The molecule has 1 N–H and O–H groups in total. The lowest BCUT2D eigenvalue weighted by atomic mass is 10.0. The number of aromatic nitrogens is 2. The van der Waals surface area contributed by atoms with Gasteiger partial charge in [-0.15, -0.1) is 6.58 Å². The summed E-state index contributed by atoms with van der Waals surface area (Å²) < 4.78 is 2.06. The van der Waals surface area contributed by atoms with Gasteiger partial charge in [-0.3, -0.25) is 0 Å². The lowest BCUT2D eigenvalue weighted by molar-refractivity contribution is 0.831. The number of allylic oxidation sites excluding steroid dienone is 1. The fraction of sp³-hybridized carbons (Fsp3) is 0.312. The van der Waals surface area contributed by atoms with E-state index in [1.165, 1.54) is 5.56 Å². The first-order chi connectivity index (χ1) is 9.10. The molecule has 0 atom stereocenters. The van der Waals surface area contributed by atoms with Crippen LogP contribution in [0.15, 0.2) is 43.1 Å². The summed E-state index contributed by atoms with van der Waals surface area (Å²) in [6.45, 7) is 10.9. The standard InChI is InChI=1S/C16H21N3/c1-5-9-19-11-13(4)17-16(19)18-15-8-6-7-14(10-15)12(2)3/h5-8,10-12H,1,9H2,2-4H3,(H,17,18). The molecule has 1 aromatic heterocycles. The van der Waals surface area contributed by atoms with Crippen LogP contribution in [0.1, 0.15) is 31.0 Å². The summed E-state index contributed by atoms with van der Waals surface area (Å²) in [6, 6.07) is 8.46. The fourth-order valence-corrected chi connectivity index (χ4v) is 2.03. The molecule has 0 aliphatic carbocycles. The molecule has 0 unspecified atom stereocenters. The zero-order valence-corrected chi connectivity index (χ0v) is 11.9. The number of imidazole rings is 1. The molecule has 0 aliphatic heterocycles. The average molecular weight is 255 g/mol. The van der Waals surface area contributed by atoms with Gasteiger partial charge in [0.1, 0.15) is 0 Å². The number of hydrogen-bond donors (Lipinski definition) is 1. The van der Waals surface area contributed by atoms with E-state index >= 15 is 0 Å². The van der Waals surface area contributed by atoms with Gasteiger partial charge >= 0.3 is 0 Å². The first-order valence-corrected chi connectivity index (χ1v) is 6.62. The molecule has 2 rings (SSSR count). The van der Waals surface area contributed by atoms with Crippen molar-refractivity contribution in [2.24, 2.45) is 0 Å². The topological polar surface area (TPSA) is 29.9 Å². The van der Waals surface area contributed by atoms with Crippen LogP contribution in [0.2, 0.25) is 0 Å². The summed E-state index contributed by atoms with van der Waals surface area (Å²) in [5.41, 5.74) is 3.40. The molecule has 0 radical (unpaired) electrons. The third-order valence-electron chi connectivity index (χ3n) is 3.03. The second-order valence-electron chi connectivity index (χ2n) is 5.05. The van der Waals surface area contributed by atoms with E-state index in [0.717, 1.165) is 23.9 Å². The number of nitrogens with one attached hydrogen (secondary N) is 1. The average Bonchev–Trinajstić information content (AvgIpc) is 2.70. The first kappa shape index (κ1) is 13.4. The highest BCUT2D eigenvalue weighted by molar-refractivity contribution is 5.55. The van der Waals surface area contributed by atoms with Gasteiger partial charge in [0.2, 0.25) is 5.95 Å². The van der Waals surface area contributed by atoms with Crippen molar-refractivity contribution in [1.82, 2.24) is 9.55 Å². The Morgan fingerprint density at radius 3 is 2.89 bits per heavy atom. The maximum atomic E-state index is 4.50. The molecule has 0 bridgehead atoms. The van der Waals surface area contributed by atoms with Gasteiger partial charge in [-0.1, -0.05) is 32.1 Å². The highest BCUT2D eigenvalue weighted by Crippen LogP contribution is 2.21. The molecule has 0 spiro atoms. The van der Waals surface area contributed by atoms with Crippen LogP contribution in [-0.2, 0) is 6.54 Å². The van der Waals surface area contributed by atoms with Gasteiger partial charge in [0, 0.05) is 18.4 Å². The Balaban J connectivity index is 2.25. The van der Waals surface area contributed by atoms with Crippen molar-refractivity contribution in [3.63, 3.8) is 0 Å². The van der Waals surface area contributed by atoms with Crippen LogP contribution in [0.3, 0.4) is 0 Å². The Hall–Kier alpha value is -2.03. The van der Waals surface area contributed by atoms with Crippen molar-refractivity contribution in [2.75, 3.05) is 5.32 Å². The van der Waals surface area contributed by atoms with Crippen LogP contribution in [0.4, 0.5) is 11.6 Å². The number of anilines is 2. The van der Waals surface area contributed by atoms with E-state index in [-0.39, 0.29) is 0 Å². The molecule has 0 saturated heterocycles. The molecule has 1 aromatic carbocycles. The summed E-state index contributed by atoms with van der Waals surface area (Å²) in [6.07, 6.45) is 3.90. The minimum absolute atomic E-state index is 0.524. The van der Waals surface area contributed by atoms with Gasteiger partial charge in [0.25, 0.3) is 0 Å². The van der Waals surface area contributed by atoms with Crippen LogP contribution < -0.4 is 5.32 Å². The summed E-state index contributed by atoms with van der Waals surface area (Å²) in [5.74, 6) is 1.38.